The van der Waals surface area contributed by atoms with Gasteiger partial charge in [0.1, 0.15) is 11.7 Å². The van der Waals surface area contributed by atoms with Gasteiger partial charge in [0.15, 0.2) is 0 Å². The third-order valence-electron chi connectivity index (χ3n) is 4.37. The van der Waals surface area contributed by atoms with Gasteiger partial charge in [0.2, 0.25) is 0 Å². The Morgan fingerprint density at radius 1 is 0.815 bits per heavy atom. The number of carbonyl (C=O) groups is 2. The monoisotopic (exact) mass is 368 g/mol. The van der Waals surface area contributed by atoms with Gasteiger partial charge in [-0.3, -0.25) is 9.59 Å². The molecule has 5 heteroatoms. The second-order valence-electron chi connectivity index (χ2n) is 6.07. The SMILES string of the molecule is COC(=O)C(C)c1cccc2ccccc12.COC(=O)C(C)c1ccco1. The molecule has 2 atom stereocenters. The lowest BCUT2D eigenvalue weighted by Crippen LogP contribution is -2.11. The summed E-state index contributed by atoms with van der Waals surface area (Å²) in [5.74, 6) is -0.376. The van der Waals surface area contributed by atoms with Crippen LogP contribution in [0.5, 0.6) is 0 Å². The predicted octanol–water partition coefficient (Wildman–Crippen LogP) is 4.67. The molecular formula is C22H24O5. The highest BCUT2D eigenvalue weighted by atomic mass is 16.5. The summed E-state index contributed by atoms with van der Waals surface area (Å²) in [7, 11) is 2.78. The fraction of sp³-hybridized carbons (Fsp3) is 0.273. The molecule has 0 fully saturated rings. The zero-order valence-corrected chi connectivity index (χ0v) is 16.0. The Balaban J connectivity index is 0.000000208. The number of fused-ring (bicyclic) bond motifs is 1. The van der Waals surface area contributed by atoms with Gasteiger partial charge in [0, 0.05) is 0 Å². The fourth-order valence-corrected chi connectivity index (χ4v) is 2.76. The van der Waals surface area contributed by atoms with Gasteiger partial charge in [-0.2, -0.15) is 0 Å². The fourth-order valence-electron chi connectivity index (χ4n) is 2.76. The van der Waals surface area contributed by atoms with Crippen molar-refractivity contribution in [2.75, 3.05) is 14.2 Å². The summed E-state index contributed by atoms with van der Waals surface area (Å²) >= 11 is 0. The molecule has 0 aliphatic heterocycles. The van der Waals surface area contributed by atoms with E-state index in [2.05, 4.69) is 4.74 Å². The first kappa shape index (κ1) is 20.2. The molecule has 1 heterocycles. The maximum absolute atomic E-state index is 11.5. The molecule has 27 heavy (non-hydrogen) atoms. The summed E-state index contributed by atoms with van der Waals surface area (Å²) in [5.41, 5.74) is 1.02. The average Bonchev–Trinajstić information content (AvgIpc) is 3.26. The van der Waals surface area contributed by atoms with Crippen molar-refractivity contribution in [1.29, 1.82) is 0 Å². The summed E-state index contributed by atoms with van der Waals surface area (Å²) in [6.07, 6.45) is 1.54. The van der Waals surface area contributed by atoms with Gasteiger partial charge < -0.3 is 13.9 Å². The van der Waals surface area contributed by atoms with E-state index in [-0.39, 0.29) is 23.8 Å². The van der Waals surface area contributed by atoms with E-state index >= 15 is 0 Å². The first-order valence-electron chi connectivity index (χ1n) is 8.66. The number of rotatable bonds is 4. The number of esters is 2. The van der Waals surface area contributed by atoms with Crippen LogP contribution in [-0.2, 0) is 19.1 Å². The molecule has 3 rings (SSSR count). The summed E-state index contributed by atoms with van der Waals surface area (Å²) < 4.78 is 14.3. The zero-order valence-electron chi connectivity index (χ0n) is 16.0. The minimum Gasteiger partial charge on any atom is -0.469 e. The summed E-state index contributed by atoms with van der Waals surface area (Å²) in [4.78, 5) is 22.5. The van der Waals surface area contributed by atoms with Gasteiger partial charge in [-0.1, -0.05) is 42.5 Å². The highest BCUT2D eigenvalue weighted by molar-refractivity contribution is 5.90. The van der Waals surface area contributed by atoms with Gasteiger partial charge in [0.25, 0.3) is 0 Å². The Labute approximate surface area is 158 Å². The van der Waals surface area contributed by atoms with Crippen LogP contribution < -0.4 is 0 Å². The van der Waals surface area contributed by atoms with E-state index in [1.807, 2.05) is 49.4 Å². The molecular weight excluding hydrogens is 344 g/mol. The second kappa shape index (κ2) is 9.57. The molecule has 0 N–H and O–H groups in total. The Kier molecular flexibility index (Phi) is 7.17. The molecule has 2 unspecified atom stereocenters. The Bertz CT molecular complexity index is 877. The van der Waals surface area contributed by atoms with E-state index in [0.29, 0.717) is 5.76 Å². The molecule has 0 spiro atoms. The van der Waals surface area contributed by atoms with E-state index in [9.17, 15) is 9.59 Å². The molecule has 3 aromatic rings. The van der Waals surface area contributed by atoms with Crippen molar-refractivity contribution in [3.8, 4) is 0 Å². The summed E-state index contributed by atoms with van der Waals surface area (Å²) in [6.45, 7) is 3.61. The van der Waals surface area contributed by atoms with Gasteiger partial charge in [-0.25, -0.2) is 0 Å². The molecule has 5 nitrogen and oxygen atoms in total. The Hall–Kier alpha value is -3.08. The number of benzene rings is 2. The number of furan rings is 1. The Morgan fingerprint density at radius 2 is 1.44 bits per heavy atom. The molecule has 0 bridgehead atoms. The number of hydrogen-bond acceptors (Lipinski definition) is 5. The van der Waals surface area contributed by atoms with Crippen LogP contribution in [0.15, 0.2) is 65.3 Å². The summed E-state index contributed by atoms with van der Waals surface area (Å²) in [6, 6.07) is 17.5. The van der Waals surface area contributed by atoms with Crippen molar-refractivity contribution in [1.82, 2.24) is 0 Å². The normalized spacial score (nSPS) is 12.4. The third-order valence-corrected chi connectivity index (χ3v) is 4.37. The minimum absolute atomic E-state index is 0.198. The standard InChI is InChI=1S/C14H14O2.C8H10O3/c1-10(14(15)16-2)12-9-5-7-11-6-3-4-8-13(11)12;1-6(8(9)10-2)7-4-3-5-11-7/h3-10H,1-2H3;3-6H,1-2H3. The number of hydrogen-bond donors (Lipinski definition) is 0. The highest BCUT2D eigenvalue weighted by Gasteiger charge is 2.18. The Morgan fingerprint density at radius 3 is 2.07 bits per heavy atom. The lowest BCUT2D eigenvalue weighted by atomic mass is 9.95. The van der Waals surface area contributed by atoms with Crippen molar-refractivity contribution >= 4 is 22.7 Å². The van der Waals surface area contributed by atoms with E-state index < -0.39 is 0 Å². The topological polar surface area (TPSA) is 65.7 Å². The number of carbonyl (C=O) groups excluding carboxylic acids is 2. The molecule has 0 aliphatic carbocycles. The summed E-state index contributed by atoms with van der Waals surface area (Å²) in [5, 5.41) is 2.26. The predicted molar refractivity (Wildman–Crippen MR) is 104 cm³/mol. The van der Waals surface area contributed by atoms with Gasteiger partial charge in [0.05, 0.1) is 26.4 Å². The van der Waals surface area contributed by atoms with Gasteiger partial charge in [-0.05, 0) is 42.3 Å². The maximum Gasteiger partial charge on any atom is 0.316 e. The van der Waals surface area contributed by atoms with Crippen molar-refractivity contribution in [3.63, 3.8) is 0 Å². The van der Waals surface area contributed by atoms with Crippen LogP contribution in [0.1, 0.15) is 37.0 Å². The molecule has 142 valence electrons. The molecule has 0 saturated heterocycles. The molecule has 0 saturated carbocycles. The van der Waals surface area contributed by atoms with Crippen LogP contribution in [0, 0.1) is 0 Å². The van der Waals surface area contributed by atoms with E-state index in [0.717, 1.165) is 16.3 Å². The molecule has 0 amide bonds. The minimum atomic E-state index is -0.310. The first-order chi connectivity index (χ1) is 13.0. The van der Waals surface area contributed by atoms with E-state index in [4.69, 9.17) is 9.15 Å². The van der Waals surface area contributed by atoms with Crippen LogP contribution >= 0.6 is 0 Å². The smallest absolute Gasteiger partial charge is 0.316 e. The molecule has 2 aromatic carbocycles. The van der Waals surface area contributed by atoms with E-state index in [1.54, 1.807) is 19.1 Å². The van der Waals surface area contributed by atoms with Crippen LogP contribution in [-0.4, -0.2) is 26.2 Å². The quantitative estimate of drug-likeness (QED) is 0.626. The largest absolute Gasteiger partial charge is 0.469 e. The number of methoxy groups -OCH3 is 2. The zero-order chi connectivity index (χ0) is 19.8. The lowest BCUT2D eigenvalue weighted by Gasteiger charge is -2.12. The van der Waals surface area contributed by atoms with Gasteiger partial charge in [-0.15, -0.1) is 0 Å². The van der Waals surface area contributed by atoms with Crippen LogP contribution in [0.2, 0.25) is 0 Å². The maximum atomic E-state index is 11.5. The highest BCUT2D eigenvalue weighted by Crippen LogP contribution is 2.26. The van der Waals surface area contributed by atoms with Crippen LogP contribution in [0.25, 0.3) is 10.8 Å². The van der Waals surface area contributed by atoms with Crippen LogP contribution in [0.3, 0.4) is 0 Å². The first-order valence-corrected chi connectivity index (χ1v) is 8.66. The lowest BCUT2D eigenvalue weighted by molar-refractivity contribution is -0.143. The van der Waals surface area contributed by atoms with Crippen LogP contribution in [0.4, 0.5) is 0 Å². The molecule has 1 aromatic heterocycles. The number of ether oxygens (including phenoxy) is 2. The van der Waals surface area contributed by atoms with Crippen molar-refractivity contribution in [3.05, 3.63) is 72.2 Å². The molecule has 0 radical (unpaired) electrons. The van der Waals surface area contributed by atoms with Crippen molar-refractivity contribution < 1.29 is 23.5 Å². The van der Waals surface area contributed by atoms with Crippen molar-refractivity contribution in [2.45, 2.75) is 25.7 Å². The van der Waals surface area contributed by atoms with Gasteiger partial charge >= 0.3 is 11.9 Å². The molecule has 0 aliphatic rings. The van der Waals surface area contributed by atoms with Crippen molar-refractivity contribution in [2.24, 2.45) is 0 Å². The van der Waals surface area contributed by atoms with E-state index in [1.165, 1.54) is 20.5 Å². The third kappa shape index (κ3) is 4.97. The average molecular weight is 368 g/mol. The second-order valence-corrected chi connectivity index (χ2v) is 6.07.